The number of fused-ring (bicyclic) bond motifs is 1. The first-order valence-electron chi connectivity index (χ1n) is 7.10. The minimum absolute atomic E-state index is 0.393. The number of hydrogen-bond acceptors (Lipinski definition) is 5. The van der Waals surface area contributed by atoms with Gasteiger partial charge in [0.05, 0.1) is 25.2 Å². The minimum atomic E-state index is -1.15. The Labute approximate surface area is 138 Å². The van der Waals surface area contributed by atoms with Crippen LogP contribution in [0.2, 0.25) is 0 Å². The molecule has 2 atom stereocenters. The fourth-order valence-electron chi connectivity index (χ4n) is 2.43. The number of amides is 1. The predicted octanol–water partition coefficient (Wildman–Crippen LogP) is 2.85. The van der Waals surface area contributed by atoms with Crippen molar-refractivity contribution in [2.75, 3.05) is 19.5 Å². The third-order valence-electron chi connectivity index (χ3n) is 3.70. The molecule has 2 aromatic rings. The lowest BCUT2D eigenvalue weighted by atomic mass is 10.1. The van der Waals surface area contributed by atoms with Gasteiger partial charge in [-0.3, -0.25) is 4.79 Å². The van der Waals surface area contributed by atoms with Crippen molar-refractivity contribution in [2.45, 2.75) is 16.2 Å². The van der Waals surface area contributed by atoms with Crippen LogP contribution in [-0.2, 0) is 4.79 Å². The van der Waals surface area contributed by atoms with E-state index in [-0.39, 0.29) is 0 Å². The van der Waals surface area contributed by atoms with Crippen LogP contribution < -0.4 is 14.8 Å². The molecule has 23 heavy (non-hydrogen) atoms. The fourth-order valence-corrected chi connectivity index (χ4v) is 3.63. The summed E-state index contributed by atoms with van der Waals surface area (Å²) in [7, 11) is 3.17. The van der Waals surface area contributed by atoms with Crippen LogP contribution in [-0.4, -0.2) is 31.3 Å². The molecule has 2 N–H and O–H groups in total. The number of anilines is 1. The van der Waals surface area contributed by atoms with Crippen LogP contribution in [0.4, 0.5) is 5.69 Å². The van der Waals surface area contributed by atoms with Gasteiger partial charge in [0.1, 0.15) is 17.6 Å². The van der Waals surface area contributed by atoms with Crippen molar-refractivity contribution in [1.82, 2.24) is 0 Å². The maximum absolute atomic E-state index is 12.2. The van der Waals surface area contributed by atoms with Crippen molar-refractivity contribution in [1.29, 1.82) is 0 Å². The Hall–Kier alpha value is -2.18. The maximum Gasteiger partial charge on any atom is 0.254 e. The molecule has 0 aliphatic carbocycles. The van der Waals surface area contributed by atoms with Crippen LogP contribution in [0.5, 0.6) is 11.5 Å². The maximum atomic E-state index is 12.2. The number of carbonyl (C=O) groups excluding carboxylic acids is 1. The first-order chi connectivity index (χ1) is 11.1. The summed E-state index contributed by atoms with van der Waals surface area (Å²) in [6.07, 6.45) is -1.15. The summed E-state index contributed by atoms with van der Waals surface area (Å²) in [5.41, 5.74) is 1.51. The number of aliphatic hydroxyl groups excluding tert-OH is 1. The lowest BCUT2D eigenvalue weighted by molar-refractivity contribution is -0.124. The number of aliphatic hydroxyl groups is 1. The molecule has 120 valence electrons. The highest BCUT2D eigenvalue weighted by atomic mass is 32.2. The van der Waals surface area contributed by atoms with Gasteiger partial charge in [0.2, 0.25) is 0 Å². The van der Waals surface area contributed by atoms with Gasteiger partial charge in [0.15, 0.2) is 0 Å². The normalized spacial score (nSPS) is 20.2. The van der Waals surface area contributed by atoms with Crippen molar-refractivity contribution in [3.63, 3.8) is 0 Å². The van der Waals surface area contributed by atoms with E-state index in [1.54, 1.807) is 20.3 Å². The second kappa shape index (κ2) is 6.52. The van der Waals surface area contributed by atoms with Crippen LogP contribution in [0, 0.1) is 0 Å². The molecule has 6 heteroatoms. The topological polar surface area (TPSA) is 67.8 Å². The predicted molar refractivity (Wildman–Crippen MR) is 89.2 cm³/mol. The Bertz CT molecular complexity index is 717. The average molecular weight is 331 g/mol. The zero-order valence-corrected chi connectivity index (χ0v) is 13.6. The lowest BCUT2D eigenvalue weighted by Crippen LogP contribution is -2.30. The summed E-state index contributed by atoms with van der Waals surface area (Å²) < 4.78 is 10.3. The first-order valence-corrected chi connectivity index (χ1v) is 7.98. The van der Waals surface area contributed by atoms with Gasteiger partial charge in [-0.25, -0.2) is 0 Å². The van der Waals surface area contributed by atoms with Crippen LogP contribution in [0.25, 0.3) is 0 Å². The molecular weight excluding hydrogens is 314 g/mol. The molecule has 5 nitrogen and oxygen atoms in total. The summed E-state index contributed by atoms with van der Waals surface area (Å²) in [6.45, 7) is 0. The van der Waals surface area contributed by atoms with Crippen molar-refractivity contribution in [2.24, 2.45) is 0 Å². The number of hydrogen-bond donors (Lipinski definition) is 2. The zero-order chi connectivity index (χ0) is 16.4. The molecule has 1 aliphatic rings. The quantitative estimate of drug-likeness (QED) is 0.905. The monoisotopic (exact) mass is 331 g/mol. The zero-order valence-electron chi connectivity index (χ0n) is 12.8. The van der Waals surface area contributed by atoms with E-state index >= 15 is 0 Å². The van der Waals surface area contributed by atoms with E-state index in [2.05, 4.69) is 5.32 Å². The number of thioether (sulfide) groups is 1. The van der Waals surface area contributed by atoms with Gasteiger partial charge in [0, 0.05) is 11.0 Å². The summed E-state index contributed by atoms with van der Waals surface area (Å²) in [6, 6.07) is 12.8. The molecule has 0 radical (unpaired) electrons. The highest BCUT2D eigenvalue weighted by Crippen LogP contribution is 2.44. The van der Waals surface area contributed by atoms with Crippen molar-refractivity contribution in [3.8, 4) is 11.5 Å². The van der Waals surface area contributed by atoms with Gasteiger partial charge >= 0.3 is 0 Å². The van der Waals surface area contributed by atoms with Crippen LogP contribution in [0.15, 0.2) is 47.4 Å². The second-order valence-corrected chi connectivity index (χ2v) is 6.29. The van der Waals surface area contributed by atoms with Gasteiger partial charge in [-0.15, -0.1) is 11.8 Å². The van der Waals surface area contributed by atoms with Crippen LogP contribution in [0.3, 0.4) is 0 Å². The van der Waals surface area contributed by atoms with E-state index in [4.69, 9.17) is 9.47 Å². The highest BCUT2D eigenvalue weighted by Gasteiger charge is 2.32. The first kappa shape index (κ1) is 15.7. The van der Waals surface area contributed by atoms with Gasteiger partial charge in [0.25, 0.3) is 5.91 Å². The van der Waals surface area contributed by atoms with E-state index < -0.39 is 17.3 Å². The highest BCUT2D eigenvalue weighted by molar-refractivity contribution is 7.99. The smallest absolute Gasteiger partial charge is 0.254 e. The standard InChI is InChI=1S/C17H17NO4S/c1-21-11-5-3-10(4-6-11)16-15(19)17(20)18-13-9-12(22-2)7-8-14(13)23-16/h3-9,15-16,19H,1-2H3,(H,18,20). The molecule has 0 spiro atoms. The Morgan fingerprint density at radius 3 is 2.35 bits per heavy atom. The van der Waals surface area contributed by atoms with Gasteiger partial charge in [-0.05, 0) is 29.8 Å². The SMILES string of the molecule is COc1ccc(C2Sc3ccc(OC)cc3NC(=O)C2O)cc1. The number of methoxy groups -OCH3 is 2. The number of rotatable bonds is 3. The summed E-state index contributed by atoms with van der Waals surface area (Å²) >= 11 is 1.45. The van der Waals surface area contributed by atoms with Crippen molar-refractivity contribution >= 4 is 23.4 Å². The van der Waals surface area contributed by atoms with Crippen LogP contribution >= 0.6 is 11.8 Å². The van der Waals surface area contributed by atoms with Gasteiger partial charge in [-0.2, -0.15) is 0 Å². The Morgan fingerprint density at radius 2 is 1.70 bits per heavy atom. The van der Waals surface area contributed by atoms with Gasteiger partial charge < -0.3 is 19.9 Å². The van der Waals surface area contributed by atoms with Crippen molar-refractivity contribution < 1.29 is 19.4 Å². The molecule has 1 aliphatic heterocycles. The second-order valence-electron chi connectivity index (χ2n) is 5.11. The molecule has 0 saturated carbocycles. The number of benzene rings is 2. The molecular formula is C17H17NO4S. The lowest BCUT2D eigenvalue weighted by Gasteiger charge is -2.19. The summed E-state index contributed by atoms with van der Waals surface area (Å²) in [5.74, 6) is 0.962. The molecule has 0 aromatic heterocycles. The molecule has 2 unspecified atom stereocenters. The molecule has 0 saturated heterocycles. The van der Waals surface area contributed by atoms with E-state index in [9.17, 15) is 9.90 Å². The molecule has 1 heterocycles. The Kier molecular flexibility index (Phi) is 4.45. The van der Waals surface area contributed by atoms with E-state index in [0.717, 1.165) is 16.2 Å². The van der Waals surface area contributed by atoms with Crippen molar-refractivity contribution in [3.05, 3.63) is 48.0 Å². The average Bonchev–Trinajstić information content (AvgIpc) is 2.71. The molecule has 0 fully saturated rings. The molecule has 3 rings (SSSR count). The molecule has 2 aromatic carbocycles. The fraction of sp³-hybridized carbons (Fsp3) is 0.235. The molecule has 0 bridgehead atoms. The number of carbonyl (C=O) groups is 1. The number of ether oxygens (including phenoxy) is 2. The van der Waals surface area contributed by atoms with E-state index in [1.807, 2.05) is 36.4 Å². The largest absolute Gasteiger partial charge is 0.497 e. The van der Waals surface area contributed by atoms with Crippen LogP contribution in [0.1, 0.15) is 10.8 Å². The Morgan fingerprint density at radius 1 is 1.04 bits per heavy atom. The summed E-state index contributed by atoms with van der Waals surface area (Å²) in [4.78, 5) is 13.1. The third kappa shape index (κ3) is 3.13. The third-order valence-corrected chi connectivity index (χ3v) is 5.09. The van der Waals surface area contributed by atoms with Gasteiger partial charge in [-0.1, -0.05) is 12.1 Å². The van der Waals surface area contributed by atoms with E-state index in [0.29, 0.717) is 11.4 Å². The number of nitrogens with one attached hydrogen (secondary N) is 1. The summed E-state index contributed by atoms with van der Waals surface area (Å²) in [5, 5.41) is 12.8. The van der Waals surface area contributed by atoms with E-state index in [1.165, 1.54) is 11.8 Å². The minimum Gasteiger partial charge on any atom is -0.497 e. The Balaban J connectivity index is 1.97. The molecule has 1 amide bonds.